The van der Waals surface area contributed by atoms with Gasteiger partial charge < -0.3 is 0 Å². The van der Waals surface area contributed by atoms with E-state index in [2.05, 4.69) is 36.2 Å². The number of rotatable bonds is 3. The lowest BCUT2D eigenvalue weighted by Crippen LogP contribution is -1.85. The van der Waals surface area contributed by atoms with Gasteiger partial charge in [0.15, 0.2) is 11.6 Å². The van der Waals surface area contributed by atoms with Gasteiger partial charge in [-0.25, -0.2) is 5.43 Å². The van der Waals surface area contributed by atoms with Crippen LogP contribution in [0.3, 0.4) is 0 Å². The predicted molar refractivity (Wildman–Crippen MR) is 45.3 cm³/mol. The molecule has 0 fully saturated rings. The molecule has 0 aliphatic heterocycles. The summed E-state index contributed by atoms with van der Waals surface area (Å²) >= 11 is 0. The van der Waals surface area contributed by atoms with Gasteiger partial charge >= 0.3 is 0 Å². The van der Waals surface area contributed by atoms with Gasteiger partial charge in [-0.05, 0) is 0 Å². The lowest BCUT2D eigenvalue weighted by atomic mass is 10.7. The minimum absolute atomic E-state index is 0.517. The van der Waals surface area contributed by atoms with Gasteiger partial charge in [-0.15, -0.1) is 5.11 Å². The lowest BCUT2D eigenvalue weighted by molar-refractivity contribution is 1.01. The molecule has 0 aliphatic carbocycles. The molecule has 0 saturated carbocycles. The summed E-state index contributed by atoms with van der Waals surface area (Å²) in [5.41, 5.74) is 2.62. The average Bonchev–Trinajstić information content (AvgIpc) is 2.75. The zero-order valence-corrected chi connectivity index (χ0v) is 6.60. The van der Waals surface area contributed by atoms with Gasteiger partial charge in [-0.1, -0.05) is 5.22 Å². The van der Waals surface area contributed by atoms with Crippen molar-refractivity contribution < 1.29 is 0 Å². The van der Waals surface area contributed by atoms with Gasteiger partial charge in [-0.3, -0.25) is 10.2 Å². The Kier molecular flexibility index (Phi) is 2.00. The van der Waals surface area contributed by atoms with Crippen molar-refractivity contribution in [2.75, 3.05) is 5.43 Å². The molecule has 66 valence electrons. The van der Waals surface area contributed by atoms with E-state index in [1.807, 2.05) is 0 Å². The van der Waals surface area contributed by atoms with E-state index < -0.39 is 0 Å². The molecule has 0 spiro atoms. The van der Waals surface area contributed by atoms with Crippen molar-refractivity contribution >= 4 is 11.6 Å². The van der Waals surface area contributed by atoms with E-state index in [9.17, 15) is 0 Å². The molecule has 7 heteroatoms. The Morgan fingerprint density at radius 3 is 2.69 bits per heavy atom. The Bertz CT molecular complexity index is 360. The van der Waals surface area contributed by atoms with Gasteiger partial charge in [0, 0.05) is 24.5 Å². The quantitative estimate of drug-likeness (QED) is 0.486. The van der Waals surface area contributed by atoms with Crippen LogP contribution in [0.2, 0.25) is 0 Å². The topological polar surface area (TPSA) is 94.1 Å². The Morgan fingerprint density at radius 1 is 1.15 bits per heavy atom. The molecule has 0 radical (unpaired) electrons. The minimum atomic E-state index is 0.517. The predicted octanol–water partition coefficient (Wildman–Crippen LogP) is 1.24. The van der Waals surface area contributed by atoms with Crippen molar-refractivity contribution in [3.63, 3.8) is 0 Å². The third kappa shape index (κ3) is 1.89. The lowest BCUT2D eigenvalue weighted by Gasteiger charge is -1.88. The summed E-state index contributed by atoms with van der Waals surface area (Å²) in [5.74, 6) is 1.13. The Labute approximate surface area is 73.2 Å². The fourth-order valence-electron chi connectivity index (χ4n) is 0.758. The number of nitrogens with one attached hydrogen (secondary N) is 3. The molecule has 0 atom stereocenters. The zero-order chi connectivity index (χ0) is 8.93. The number of hydrogen-bond donors (Lipinski definition) is 3. The highest BCUT2D eigenvalue weighted by Crippen LogP contribution is 2.05. The molecule has 0 amide bonds. The molecule has 2 aromatic heterocycles. The maximum Gasteiger partial charge on any atom is 0.197 e. The Hall–Kier alpha value is -2.18. The van der Waals surface area contributed by atoms with Crippen LogP contribution < -0.4 is 5.43 Å². The van der Waals surface area contributed by atoms with Gasteiger partial charge in [0.2, 0.25) is 0 Å². The largest absolute Gasteiger partial charge is 0.284 e. The minimum Gasteiger partial charge on any atom is -0.284 e. The summed E-state index contributed by atoms with van der Waals surface area (Å²) in [6, 6.07) is 3.44. The third-order valence-corrected chi connectivity index (χ3v) is 1.30. The average molecular weight is 177 g/mol. The van der Waals surface area contributed by atoms with Crippen LogP contribution in [-0.4, -0.2) is 20.4 Å². The Morgan fingerprint density at radius 2 is 2.00 bits per heavy atom. The molecule has 2 aromatic rings. The Balaban J connectivity index is 1.93. The molecule has 0 aromatic carbocycles. The van der Waals surface area contributed by atoms with E-state index in [0.29, 0.717) is 11.6 Å². The van der Waals surface area contributed by atoms with E-state index in [4.69, 9.17) is 0 Å². The summed E-state index contributed by atoms with van der Waals surface area (Å²) in [7, 11) is 0. The summed E-state index contributed by atoms with van der Waals surface area (Å²) in [4.78, 5) is 0. The third-order valence-electron chi connectivity index (χ3n) is 1.30. The van der Waals surface area contributed by atoms with E-state index >= 15 is 0 Å². The molecule has 0 aliphatic rings. The fraction of sp³-hybridized carbons (Fsp3) is 0. The first-order valence-electron chi connectivity index (χ1n) is 3.61. The van der Waals surface area contributed by atoms with Gasteiger partial charge in [-0.2, -0.15) is 10.2 Å². The van der Waals surface area contributed by atoms with Crippen molar-refractivity contribution in [2.45, 2.75) is 0 Å². The molecule has 0 unspecified atom stereocenters. The summed E-state index contributed by atoms with van der Waals surface area (Å²) < 4.78 is 0. The van der Waals surface area contributed by atoms with Crippen LogP contribution in [0.1, 0.15) is 0 Å². The maximum atomic E-state index is 3.82. The standard InChI is InChI=1S/C6H7N7/c1-3-7-9-5(1)11-13-12-6-2-4-8-10-6/h1-4H,(H3,7,8,9,10,11,12). The van der Waals surface area contributed by atoms with Crippen LogP contribution in [-0.2, 0) is 0 Å². The molecule has 7 nitrogen and oxygen atoms in total. The summed E-state index contributed by atoms with van der Waals surface area (Å²) in [6.45, 7) is 0. The summed E-state index contributed by atoms with van der Waals surface area (Å²) in [6.07, 6.45) is 3.36. The zero-order valence-electron chi connectivity index (χ0n) is 6.60. The number of aromatic nitrogens is 4. The van der Waals surface area contributed by atoms with Crippen molar-refractivity contribution in [3.05, 3.63) is 24.5 Å². The molecular weight excluding hydrogens is 170 g/mol. The normalized spacial score (nSPS) is 10.8. The molecule has 2 rings (SSSR count). The SMILES string of the molecule is c1cc(N=NNc2cc[nH]n2)n[nH]1. The highest BCUT2D eigenvalue weighted by atomic mass is 15.5. The highest BCUT2D eigenvalue weighted by Gasteiger charge is 1.90. The van der Waals surface area contributed by atoms with Gasteiger partial charge in [0.05, 0.1) is 0 Å². The second-order valence-corrected chi connectivity index (χ2v) is 2.20. The number of hydrogen-bond acceptors (Lipinski definition) is 4. The highest BCUT2D eigenvalue weighted by molar-refractivity contribution is 5.30. The first kappa shape index (κ1) is 7.47. The van der Waals surface area contributed by atoms with E-state index in [1.165, 1.54) is 0 Å². The molecule has 3 N–H and O–H groups in total. The maximum absolute atomic E-state index is 3.82. The number of anilines is 1. The van der Waals surface area contributed by atoms with Crippen LogP contribution in [0, 0.1) is 0 Å². The second-order valence-electron chi connectivity index (χ2n) is 2.20. The van der Waals surface area contributed by atoms with E-state index in [0.717, 1.165) is 0 Å². The van der Waals surface area contributed by atoms with Crippen molar-refractivity contribution in [1.82, 2.24) is 20.4 Å². The molecule has 0 bridgehead atoms. The van der Waals surface area contributed by atoms with Crippen LogP contribution in [0.4, 0.5) is 11.6 Å². The van der Waals surface area contributed by atoms with Crippen LogP contribution in [0.25, 0.3) is 0 Å². The second kappa shape index (κ2) is 3.48. The first-order chi connectivity index (χ1) is 6.45. The van der Waals surface area contributed by atoms with Crippen LogP contribution in [0.5, 0.6) is 0 Å². The van der Waals surface area contributed by atoms with Crippen molar-refractivity contribution in [3.8, 4) is 0 Å². The molecule has 13 heavy (non-hydrogen) atoms. The van der Waals surface area contributed by atoms with Crippen LogP contribution in [0.15, 0.2) is 34.9 Å². The van der Waals surface area contributed by atoms with E-state index in [-0.39, 0.29) is 0 Å². The van der Waals surface area contributed by atoms with Crippen molar-refractivity contribution in [2.24, 2.45) is 10.3 Å². The first-order valence-corrected chi connectivity index (χ1v) is 3.61. The van der Waals surface area contributed by atoms with E-state index in [1.54, 1.807) is 24.5 Å². The molecule has 0 saturated heterocycles. The fourth-order valence-corrected chi connectivity index (χ4v) is 0.758. The van der Waals surface area contributed by atoms with Crippen LogP contribution >= 0.6 is 0 Å². The molecule has 2 heterocycles. The van der Waals surface area contributed by atoms with Gasteiger partial charge in [0.25, 0.3) is 0 Å². The number of aromatic amines is 2. The smallest absolute Gasteiger partial charge is 0.197 e. The number of nitrogens with zero attached hydrogens (tertiary/aromatic N) is 4. The van der Waals surface area contributed by atoms with Crippen molar-refractivity contribution in [1.29, 1.82) is 0 Å². The molecular formula is C6H7N7. The summed E-state index contributed by atoms with van der Waals surface area (Å²) in [5, 5.41) is 20.3. The number of H-pyrrole nitrogens is 2. The monoisotopic (exact) mass is 177 g/mol. The van der Waals surface area contributed by atoms with Gasteiger partial charge in [0.1, 0.15) is 0 Å².